The van der Waals surface area contributed by atoms with Crippen LogP contribution in [0.1, 0.15) is 65.7 Å². The van der Waals surface area contributed by atoms with Crippen molar-refractivity contribution in [2.75, 3.05) is 13.2 Å². The van der Waals surface area contributed by atoms with Gasteiger partial charge < -0.3 is 34.7 Å². The molecule has 3 amide bonds. The Morgan fingerprint density at radius 2 is 1.86 bits per heavy atom. The van der Waals surface area contributed by atoms with Gasteiger partial charge in [0.05, 0.1) is 12.5 Å². The highest BCUT2D eigenvalue weighted by atomic mass is 16.6. The van der Waals surface area contributed by atoms with Crippen LogP contribution in [-0.4, -0.2) is 83.3 Å². The normalized spacial score (nSPS) is 24.0. The number of hydrogen-bond acceptors (Lipinski definition) is 8. The molecule has 0 spiro atoms. The average Bonchev–Trinajstić information content (AvgIpc) is 3.62. The molecule has 42 heavy (non-hydrogen) atoms. The molecule has 3 aliphatic rings. The number of aromatic nitrogens is 1. The summed E-state index contributed by atoms with van der Waals surface area (Å²) in [6, 6.07) is 7.78. The number of fused-ring (bicyclic) bond motifs is 1. The highest BCUT2D eigenvalue weighted by Gasteiger charge is 2.47. The quantitative estimate of drug-likeness (QED) is 0.425. The maximum atomic E-state index is 14.2. The Morgan fingerprint density at radius 1 is 1.10 bits per heavy atom. The first-order valence-electron chi connectivity index (χ1n) is 15.0. The second-order valence-electron chi connectivity index (χ2n) is 12.6. The van der Waals surface area contributed by atoms with Crippen molar-refractivity contribution in [3.8, 4) is 5.88 Å². The summed E-state index contributed by atoms with van der Waals surface area (Å²) in [5, 5.41) is 17.8. The van der Waals surface area contributed by atoms with Crippen LogP contribution in [-0.2, 0) is 19.0 Å². The molecule has 1 aromatic carbocycles. The molecule has 5 rings (SSSR count). The predicted octanol–water partition coefficient (Wildman–Crippen LogP) is 2.98. The van der Waals surface area contributed by atoms with E-state index in [4.69, 9.17) is 14.1 Å². The molecule has 12 heteroatoms. The fraction of sp³-hybridized carbons (Fsp3) is 0.600. The van der Waals surface area contributed by atoms with Crippen LogP contribution in [0.5, 0.6) is 5.88 Å². The van der Waals surface area contributed by atoms with E-state index in [1.165, 1.54) is 4.90 Å². The first-order valence-corrected chi connectivity index (χ1v) is 15.0. The molecule has 1 unspecified atom stereocenters. The number of amides is 3. The van der Waals surface area contributed by atoms with Crippen LogP contribution in [0.15, 0.2) is 36.5 Å². The Hall–Kier alpha value is -3.38. The Morgan fingerprint density at radius 3 is 2.60 bits per heavy atom. The molecule has 1 saturated carbocycles. The van der Waals surface area contributed by atoms with Crippen LogP contribution in [0.2, 0.25) is 0 Å². The molecule has 2 aromatic rings. The van der Waals surface area contributed by atoms with Gasteiger partial charge in [-0.05, 0) is 61.5 Å². The highest BCUT2D eigenvalue weighted by molar-refractivity contribution is 6.45. The number of likely N-dealkylation sites (tertiary alicyclic amines) is 1. The third kappa shape index (κ3) is 6.98. The second-order valence-corrected chi connectivity index (χ2v) is 12.6. The van der Waals surface area contributed by atoms with Crippen molar-refractivity contribution in [2.24, 2.45) is 5.41 Å². The van der Waals surface area contributed by atoms with Gasteiger partial charge >= 0.3 is 13.2 Å². The number of pyridine rings is 1. The fourth-order valence-electron chi connectivity index (χ4n) is 6.03. The first-order chi connectivity index (χ1) is 20.1. The number of carbonyl (C=O) groups excluding carboxylic acids is 3. The van der Waals surface area contributed by atoms with Gasteiger partial charge in [-0.1, -0.05) is 39.0 Å². The number of nitrogens with zero attached hydrogens (tertiary/aromatic N) is 2. The molecular formula is C30H41BN4O7. The lowest BCUT2D eigenvalue weighted by Gasteiger charge is -2.35. The number of rotatable bonds is 7. The van der Waals surface area contributed by atoms with Crippen molar-refractivity contribution < 1.29 is 33.5 Å². The number of alkyl carbamates (subject to hydrolysis) is 1. The maximum absolute atomic E-state index is 14.2. The lowest BCUT2D eigenvalue weighted by molar-refractivity contribution is -0.142. The fourth-order valence-corrected chi connectivity index (χ4v) is 6.03. The molecule has 3 heterocycles. The third-order valence-corrected chi connectivity index (χ3v) is 8.33. The summed E-state index contributed by atoms with van der Waals surface area (Å²) in [5.41, 5.74) is -0.670. The molecule has 226 valence electrons. The Balaban J connectivity index is 1.37. The number of nitrogens with one attached hydrogen (secondary N) is 2. The van der Waals surface area contributed by atoms with E-state index in [9.17, 15) is 19.4 Å². The van der Waals surface area contributed by atoms with Gasteiger partial charge in [0, 0.05) is 24.6 Å². The van der Waals surface area contributed by atoms with E-state index in [-0.39, 0.29) is 19.1 Å². The largest absolute Gasteiger partial charge is 0.478 e. The summed E-state index contributed by atoms with van der Waals surface area (Å²) in [5.74, 6) is -0.964. The molecule has 0 radical (unpaired) electrons. The van der Waals surface area contributed by atoms with Gasteiger partial charge in [0.25, 0.3) is 0 Å². The summed E-state index contributed by atoms with van der Waals surface area (Å²) >= 11 is 0. The van der Waals surface area contributed by atoms with Gasteiger partial charge in [0.1, 0.15) is 24.3 Å². The van der Waals surface area contributed by atoms with Gasteiger partial charge in [-0.2, -0.15) is 0 Å². The SMILES string of the molecule is CC(C)(C)[C@H](NC(=O)OC1CCCC1)C(=O)N1C[C@H](Oc2nccc3ccccc23)C[C@H]1C(=O)NC1CCCOB1O. The van der Waals surface area contributed by atoms with Crippen LogP contribution in [0.4, 0.5) is 4.79 Å². The van der Waals surface area contributed by atoms with Crippen LogP contribution in [0.3, 0.4) is 0 Å². The van der Waals surface area contributed by atoms with Gasteiger partial charge in [-0.3, -0.25) is 9.59 Å². The lowest BCUT2D eigenvalue weighted by atomic mass is 9.74. The Labute approximate surface area is 246 Å². The summed E-state index contributed by atoms with van der Waals surface area (Å²) in [7, 11) is -1.12. The Kier molecular flexibility index (Phi) is 9.22. The summed E-state index contributed by atoms with van der Waals surface area (Å²) in [6.07, 6.45) is 5.49. The molecule has 3 N–H and O–H groups in total. The minimum atomic E-state index is -1.12. The van der Waals surface area contributed by atoms with Gasteiger partial charge in [-0.25, -0.2) is 9.78 Å². The van der Waals surface area contributed by atoms with Gasteiger partial charge in [0.15, 0.2) is 0 Å². The zero-order valence-corrected chi connectivity index (χ0v) is 24.6. The summed E-state index contributed by atoms with van der Waals surface area (Å²) in [6.45, 7) is 6.13. The monoisotopic (exact) mass is 580 g/mol. The number of benzene rings is 1. The van der Waals surface area contributed by atoms with Crippen LogP contribution in [0.25, 0.3) is 10.8 Å². The number of ether oxygens (including phenoxy) is 2. The van der Waals surface area contributed by atoms with Crippen molar-refractivity contribution in [1.82, 2.24) is 20.5 Å². The molecule has 2 saturated heterocycles. The maximum Gasteiger partial charge on any atom is 0.478 e. The van der Waals surface area contributed by atoms with Crippen molar-refractivity contribution in [2.45, 2.75) is 95.9 Å². The highest BCUT2D eigenvalue weighted by Crippen LogP contribution is 2.31. The van der Waals surface area contributed by atoms with E-state index in [0.29, 0.717) is 25.3 Å². The molecule has 0 bridgehead atoms. The predicted molar refractivity (Wildman–Crippen MR) is 156 cm³/mol. The minimum absolute atomic E-state index is 0.122. The summed E-state index contributed by atoms with van der Waals surface area (Å²) in [4.78, 5) is 46.6. The molecule has 2 aliphatic heterocycles. The van der Waals surface area contributed by atoms with Gasteiger partial charge in [-0.15, -0.1) is 0 Å². The number of carbonyl (C=O) groups is 3. The van der Waals surface area contributed by atoms with E-state index >= 15 is 0 Å². The van der Waals surface area contributed by atoms with E-state index < -0.39 is 54.6 Å². The van der Waals surface area contributed by atoms with Crippen molar-refractivity contribution in [1.29, 1.82) is 0 Å². The van der Waals surface area contributed by atoms with Crippen molar-refractivity contribution >= 4 is 35.8 Å². The van der Waals surface area contributed by atoms with Crippen LogP contribution < -0.4 is 15.4 Å². The van der Waals surface area contributed by atoms with Crippen molar-refractivity contribution in [3.05, 3.63) is 36.5 Å². The molecule has 4 atom stereocenters. The third-order valence-electron chi connectivity index (χ3n) is 8.33. The first kappa shape index (κ1) is 30.1. The second kappa shape index (κ2) is 12.9. The molecular weight excluding hydrogens is 539 g/mol. The lowest BCUT2D eigenvalue weighted by Crippen LogP contribution is -2.59. The van der Waals surface area contributed by atoms with E-state index in [0.717, 1.165) is 36.5 Å². The number of hydrogen-bond donors (Lipinski definition) is 3. The Bertz CT molecular complexity index is 1280. The summed E-state index contributed by atoms with van der Waals surface area (Å²) < 4.78 is 17.2. The van der Waals surface area contributed by atoms with Crippen LogP contribution >= 0.6 is 0 Å². The minimum Gasteiger partial charge on any atom is -0.472 e. The van der Waals surface area contributed by atoms with E-state index in [1.54, 1.807) is 6.20 Å². The van der Waals surface area contributed by atoms with Gasteiger partial charge in [0.2, 0.25) is 17.7 Å². The van der Waals surface area contributed by atoms with Crippen LogP contribution in [0, 0.1) is 5.41 Å². The van der Waals surface area contributed by atoms with E-state index in [1.807, 2.05) is 51.1 Å². The zero-order valence-electron chi connectivity index (χ0n) is 24.6. The molecule has 3 fully saturated rings. The van der Waals surface area contributed by atoms with E-state index in [2.05, 4.69) is 15.6 Å². The zero-order chi connectivity index (χ0) is 29.9. The standard InChI is InChI=1S/C30H41BN4O7/c1-30(2,3)25(34-29(38)42-20-10-5-6-11-20)28(37)35-18-21(41-27-22-12-7-4-9-19(22)14-15-32-27)17-23(35)26(36)33-24-13-8-16-40-31(24)39/h4,7,9,12,14-15,20-21,23-25,39H,5-6,8,10-11,13,16-18H2,1-3H3,(H,33,36)(H,34,38)/t21-,23+,24?,25-/m1/s1. The molecule has 11 nitrogen and oxygen atoms in total. The average molecular weight is 580 g/mol. The topological polar surface area (TPSA) is 139 Å². The molecule has 1 aromatic heterocycles. The van der Waals surface area contributed by atoms with Crippen molar-refractivity contribution in [3.63, 3.8) is 0 Å². The smallest absolute Gasteiger partial charge is 0.472 e. The molecule has 1 aliphatic carbocycles.